The highest BCUT2D eigenvalue weighted by atomic mass is 35.5. The summed E-state index contributed by atoms with van der Waals surface area (Å²) in [5, 5.41) is 0.369. The molecule has 0 aliphatic rings. The van der Waals surface area contributed by atoms with Crippen LogP contribution < -0.4 is 9.46 Å². The lowest BCUT2D eigenvalue weighted by Crippen LogP contribution is -2.32. The summed E-state index contributed by atoms with van der Waals surface area (Å²) in [5.74, 6) is 0.335. The Bertz CT molecular complexity index is 517. The van der Waals surface area contributed by atoms with Crippen molar-refractivity contribution in [1.82, 2.24) is 4.72 Å². The fourth-order valence-electron chi connectivity index (χ4n) is 1.43. The largest absolute Gasteiger partial charge is 0.492 e. The molecule has 0 aromatic heterocycles. The summed E-state index contributed by atoms with van der Waals surface area (Å²) in [7, 11) is -3.61. The molecule has 1 unspecified atom stereocenters. The Hall–Kier alpha value is -0.780. The first-order valence-electron chi connectivity index (χ1n) is 6.35. The van der Waals surface area contributed by atoms with Crippen LogP contribution in [0.25, 0.3) is 0 Å². The molecule has 1 N–H and O–H groups in total. The predicted octanol–water partition coefficient (Wildman–Crippen LogP) is 3.21. The van der Waals surface area contributed by atoms with E-state index in [0.717, 1.165) is 6.42 Å². The molecule has 0 fully saturated rings. The van der Waals surface area contributed by atoms with Crippen molar-refractivity contribution < 1.29 is 13.2 Å². The Morgan fingerprint density at radius 2 is 2.05 bits per heavy atom. The highest BCUT2D eigenvalue weighted by Crippen LogP contribution is 2.27. The van der Waals surface area contributed by atoms with E-state index in [9.17, 15) is 8.42 Å². The van der Waals surface area contributed by atoms with Crippen molar-refractivity contribution in [2.24, 2.45) is 0 Å². The third-order valence-corrected chi connectivity index (χ3v) is 4.47. The Labute approximate surface area is 120 Å². The molecule has 4 nitrogen and oxygen atoms in total. The lowest BCUT2D eigenvalue weighted by atomic mass is 10.3. The van der Waals surface area contributed by atoms with Gasteiger partial charge in [-0.15, -0.1) is 0 Å². The zero-order valence-corrected chi connectivity index (χ0v) is 13.0. The molecule has 0 bridgehead atoms. The van der Waals surface area contributed by atoms with Crippen LogP contribution in [0.1, 0.15) is 33.6 Å². The average Bonchev–Trinajstić information content (AvgIpc) is 2.36. The number of halogens is 1. The van der Waals surface area contributed by atoms with Crippen molar-refractivity contribution in [1.29, 1.82) is 0 Å². The molecular weight excluding hydrogens is 286 g/mol. The monoisotopic (exact) mass is 305 g/mol. The normalized spacial score (nSPS) is 13.3. The van der Waals surface area contributed by atoms with E-state index in [0.29, 0.717) is 23.8 Å². The maximum Gasteiger partial charge on any atom is 0.244 e. The van der Waals surface area contributed by atoms with E-state index in [1.807, 2.05) is 20.8 Å². The van der Waals surface area contributed by atoms with Crippen LogP contribution in [0.5, 0.6) is 5.75 Å². The molecule has 0 heterocycles. The molecule has 108 valence electrons. The Balaban J connectivity index is 3.12. The van der Waals surface area contributed by atoms with E-state index in [1.54, 1.807) is 12.1 Å². The van der Waals surface area contributed by atoms with Gasteiger partial charge in [-0.1, -0.05) is 25.4 Å². The number of rotatable bonds is 7. The van der Waals surface area contributed by atoms with Gasteiger partial charge in [-0.2, -0.15) is 0 Å². The van der Waals surface area contributed by atoms with Gasteiger partial charge in [0.15, 0.2) is 0 Å². The Morgan fingerprint density at radius 1 is 1.37 bits per heavy atom. The van der Waals surface area contributed by atoms with Crippen molar-refractivity contribution in [3.8, 4) is 5.75 Å². The molecule has 0 saturated carbocycles. The molecule has 0 spiro atoms. The predicted molar refractivity (Wildman–Crippen MR) is 77.3 cm³/mol. The van der Waals surface area contributed by atoms with Crippen LogP contribution >= 0.6 is 11.6 Å². The highest BCUT2D eigenvalue weighted by molar-refractivity contribution is 7.89. The second-order valence-corrected chi connectivity index (χ2v) is 6.49. The first-order chi connectivity index (χ1) is 8.90. The van der Waals surface area contributed by atoms with E-state index in [4.69, 9.17) is 16.3 Å². The maximum atomic E-state index is 12.3. The van der Waals surface area contributed by atoms with E-state index >= 15 is 0 Å². The van der Waals surface area contributed by atoms with Gasteiger partial charge in [0.25, 0.3) is 0 Å². The molecule has 1 atom stereocenters. The van der Waals surface area contributed by atoms with Crippen molar-refractivity contribution in [2.45, 2.75) is 44.6 Å². The van der Waals surface area contributed by atoms with Crippen LogP contribution in [0.15, 0.2) is 23.1 Å². The van der Waals surface area contributed by atoms with E-state index in [2.05, 4.69) is 4.72 Å². The van der Waals surface area contributed by atoms with Crippen molar-refractivity contribution >= 4 is 21.6 Å². The lowest BCUT2D eigenvalue weighted by Gasteiger charge is -2.15. The second-order valence-electron chi connectivity index (χ2n) is 4.37. The van der Waals surface area contributed by atoms with Crippen LogP contribution in [0, 0.1) is 0 Å². The molecule has 0 saturated heterocycles. The molecule has 0 amide bonds. The minimum absolute atomic E-state index is 0.0914. The summed E-state index contributed by atoms with van der Waals surface area (Å²) >= 11 is 5.88. The number of benzene rings is 1. The van der Waals surface area contributed by atoms with E-state index in [1.165, 1.54) is 6.07 Å². The number of ether oxygens (including phenoxy) is 1. The summed E-state index contributed by atoms with van der Waals surface area (Å²) in [6.45, 7) is 6.16. The van der Waals surface area contributed by atoms with Gasteiger partial charge in [0, 0.05) is 11.1 Å². The van der Waals surface area contributed by atoms with Crippen LogP contribution in [0.2, 0.25) is 5.02 Å². The summed E-state index contributed by atoms with van der Waals surface area (Å²) in [6.07, 6.45) is 1.52. The third kappa shape index (κ3) is 4.67. The topological polar surface area (TPSA) is 55.4 Å². The molecule has 1 rings (SSSR count). The van der Waals surface area contributed by atoms with Gasteiger partial charge in [0.05, 0.1) is 6.61 Å². The standard InChI is InChI=1S/C13H20ClNO3S/c1-4-8-18-12-7-6-11(14)9-13(12)19(16,17)15-10(3)5-2/h6-7,9-10,15H,4-5,8H2,1-3H3. The van der Waals surface area contributed by atoms with Crippen molar-refractivity contribution in [3.63, 3.8) is 0 Å². The van der Waals surface area contributed by atoms with Crippen LogP contribution in [-0.4, -0.2) is 21.1 Å². The van der Waals surface area contributed by atoms with Gasteiger partial charge in [-0.05, 0) is 38.0 Å². The van der Waals surface area contributed by atoms with Crippen LogP contribution in [-0.2, 0) is 10.0 Å². The zero-order chi connectivity index (χ0) is 14.5. The molecular formula is C13H20ClNO3S. The molecule has 1 aromatic rings. The van der Waals surface area contributed by atoms with E-state index in [-0.39, 0.29) is 10.9 Å². The molecule has 0 aliphatic heterocycles. The summed E-state index contributed by atoms with van der Waals surface area (Å²) in [5.41, 5.74) is 0. The van der Waals surface area contributed by atoms with Crippen LogP contribution in [0.3, 0.4) is 0 Å². The van der Waals surface area contributed by atoms with E-state index < -0.39 is 10.0 Å². The molecule has 6 heteroatoms. The minimum Gasteiger partial charge on any atom is -0.492 e. The number of hydrogen-bond donors (Lipinski definition) is 1. The SMILES string of the molecule is CCCOc1ccc(Cl)cc1S(=O)(=O)NC(C)CC. The number of sulfonamides is 1. The zero-order valence-electron chi connectivity index (χ0n) is 11.4. The summed E-state index contributed by atoms with van der Waals surface area (Å²) < 4.78 is 32.6. The van der Waals surface area contributed by atoms with Crippen molar-refractivity contribution in [2.75, 3.05) is 6.61 Å². The number of hydrogen-bond acceptors (Lipinski definition) is 3. The first-order valence-corrected chi connectivity index (χ1v) is 8.21. The third-order valence-electron chi connectivity index (χ3n) is 2.63. The van der Waals surface area contributed by atoms with Gasteiger partial charge in [-0.3, -0.25) is 0 Å². The van der Waals surface area contributed by atoms with Crippen LogP contribution in [0.4, 0.5) is 0 Å². The fourth-order valence-corrected chi connectivity index (χ4v) is 3.17. The van der Waals surface area contributed by atoms with Gasteiger partial charge >= 0.3 is 0 Å². The maximum absolute atomic E-state index is 12.3. The van der Waals surface area contributed by atoms with Gasteiger partial charge < -0.3 is 4.74 Å². The molecule has 0 radical (unpaired) electrons. The summed E-state index contributed by atoms with van der Waals surface area (Å²) in [6, 6.07) is 4.48. The number of nitrogens with one attached hydrogen (secondary N) is 1. The average molecular weight is 306 g/mol. The smallest absolute Gasteiger partial charge is 0.244 e. The fraction of sp³-hybridized carbons (Fsp3) is 0.538. The Morgan fingerprint density at radius 3 is 2.63 bits per heavy atom. The Kier molecular flexibility index (Phi) is 6.10. The van der Waals surface area contributed by atoms with Gasteiger partial charge in [0.1, 0.15) is 10.6 Å². The van der Waals surface area contributed by atoms with Gasteiger partial charge in [-0.25, -0.2) is 13.1 Å². The second kappa shape index (κ2) is 7.12. The van der Waals surface area contributed by atoms with Crippen molar-refractivity contribution in [3.05, 3.63) is 23.2 Å². The molecule has 19 heavy (non-hydrogen) atoms. The first kappa shape index (κ1) is 16.3. The molecule has 1 aromatic carbocycles. The summed E-state index contributed by atoms with van der Waals surface area (Å²) in [4.78, 5) is 0.0914. The highest BCUT2D eigenvalue weighted by Gasteiger charge is 2.21. The molecule has 0 aliphatic carbocycles. The minimum atomic E-state index is -3.61. The quantitative estimate of drug-likeness (QED) is 0.841. The van der Waals surface area contributed by atoms with Gasteiger partial charge in [0.2, 0.25) is 10.0 Å². The lowest BCUT2D eigenvalue weighted by molar-refractivity contribution is 0.309.